The van der Waals surface area contributed by atoms with Crippen LogP contribution in [0.2, 0.25) is 0 Å². The summed E-state index contributed by atoms with van der Waals surface area (Å²) in [7, 11) is 0. The number of hydrogen-bond acceptors (Lipinski definition) is 1. The average Bonchev–Trinajstić information content (AvgIpc) is 2.76. The van der Waals surface area contributed by atoms with Crippen LogP contribution in [0.15, 0.2) is 78.4 Å². The van der Waals surface area contributed by atoms with Crippen LogP contribution in [-0.2, 0) is 23.6 Å². The van der Waals surface area contributed by atoms with Gasteiger partial charge in [-0.1, -0.05) is 48.5 Å². The van der Waals surface area contributed by atoms with Crippen molar-refractivity contribution in [3.8, 4) is 0 Å². The van der Waals surface area contributed by atoms with Gasteiger partial charge in [-0.05, 0) is 58.7 Å². The Kier molecular flexibility index (Phi) is 5.74. The van der Waals surface area contributed by atoms with Crippen molar-refractivity contribution in [2.75, 3.05) is 0 Å². The molecule has 1 aliphatic carbocycles. The van der Waals surface area contributed by atoms with E-state index in [1.54, 1.807) is 24.3 Å². The summed E-state index contributed by atoms with van der Waals surface area (Å²) < 4.78 is 77.0. The molecule has 0 saturated heterocycles. The van der Waals surface area contributed by atoms with Crippen molar-refractivity contribution in [2.45, 2.75) is 18.8 Å². The van der Waals surface area contributed by atoms with E-state index >= 15 is 0 Å². The molecule has 0 heterocycles. The Morgan fingerprint density at radius 2 is 1.12 bits per heavy atom. The van der Waals surface area contributed by atoms with E-state index in [4.69, 9.17) is 0 Å². The van der Waals surface area contributed by atoms with Crippen molar-refractivity contribution < 1.29 is 31.1 Å². The first kappa shape index (κ1) is 22.6. The Bertz CT molecular complexity index is 1240. The third kappa shape index (κ3) is 4.92. The zero-order valence-corrected chi connectivity index (χ0v) is 17.0. The second-order valence-corrected chi connectivity index (χ2v) is 7.63. The van der Waals surface area contributed by atoms with Crippen LogP contribution < -0.4 is 0 Å². The van der Waals surface area contributed by atoms with E-state index in [9.17, 15) is 31.1 Å². The molecule has 0 fully saturated rings. The predicted molar refractivity (Wildman–Crippen MR) is 114 cm³/mol. The van der Waals surface area contributed by atoms with Crippen LogP contribution in [0.3, 0.4) is 0 Å². The molecule has 168 valence electrons. The van der Waals surface area contributed by atoms with E-state index in [2.05, 4.69) is 0 Å². The van der Waals surface area contributed by atoms with Gasteiger partial charge in [0.2, 0.25) is 0 Å². The molecule has 0 saturated carbocycles. The Hall–Kier alpha value is -3.61. The van der Waals surface area contributed by atoms with Crippen LogP contribution in [0.1, 0.15) is 33.4 Å². The first-order valence-corrected chi connectivity index (χ1v) is 9.92. The number of benzene rings is 3. The summed E-state index contributed by atoms with van der Waals surface area (Å²) in [4.78, 5) is 13.3. The molecule has 0 N–H and O–H groups in total. The number of Topliss-reactive ketones (excluding diaryl/α,β-unsaturated/α-hetero) is 1. The third-order valence-electron chi connectivity index (χ3n) is 5.35. The highest BCUT2D eigenvalue weighted by atomic mass is 19.4. The van der Waals surface area contributed by atoms with Gasteiger partial charge in [-0.15, -0.1) is 0 Å². The SMILES string of the molecule is O=C1/C(=C/c2ccc(C(F)(F)F)cc2)Cc2ccccc2/C1=C\c1ccc(C(F)(F)F)cc1. The fourth-order valence-electron chi connectivity index (χ4n) is 3.68. The number of carbonyl (C=O) groups is 1. The first-order chi connectivity index (χ1) is 15.5. The van der Waals surface area contributed by atoms with Gasteiger partial charge in [0.1, 0.15) is 0 Å². The van der Waals surface area contributed by atoms with Crippen LogP contribution in [0.25, 0.3) is 17.7 Å². The number of rotatable bonds is 2. The van der Waals surface area contributed by atoms with Gasteiger partial charge < -0.3 is 0 Å². The Balaban J connectivity index is 1.73. The fourth-order valence-corrected chi connectivity index (χ4v) is 3.68. The second kappa shape index (κ2) is 8.39. The maximum atomic E-state index is 13.3. The minimum absolute atomic E-state index is 0.292. The van der Waals surface area contributed by atoms with Crippen molar-refractivity contribution in [1.82, 2.24) is 0 Å². The molecule has 7 heteroatoms. The molecule has 0 unspecified atom stereocenters. The van der Waals surface area contributed by atoms with Crippen molar-refractivity contribution in [3.63, 3.8) is 0 Å². The van der Waals surface area contributed by atoms with Crippen molar-refractivity contribution in [3.05, 3.63) is 112 Å². The Labute approximate surface area is 185 Å². The lowest BCUT2D eigenvalue weighted by molar-refractivity contribution is -0.138. The predicted octanol–water partition coefficient (Wildman–Crippen LogP) is 7.47. The van der Waals surface area contributed by atoms with Gasteiger partial charge in [0.25, 0.3) is 0 Å². The van der Waals surface area contributed by atoms with Crippen LogP contribution in [0.4, 0.5) is 26.3 Å². The van der Waals surface area contributed by atoms with Gasteiger partial charge in [0.05, 0.1) is 11.1 Å². The molecule has 1 aliphatic rings. The molecule has 3 aromatic rings. The molecule has 1 nitrogen and oxygen atoms in total. The summed E-state index contributed by atoms with van der Waals surface area (Å²) in [5.74, 6) is -0.325. The second-order valence-electron chi connectivity index (χ2n) is 7.63. The quantitative estimate of drug-likeness (QED) is 0.288. The minimum Gasteiger partial charge on any atom is -0.289 e. The highest BCUT2D eigenvalue weighted by molar-refractivity contribution is 6.35. The number of carbonyl (C=O) groups excluding carboxylic acids is 1. The van der Waals surface area contributed by atoms with Crippen LogP contribution in [-0.4, -0.2) is 5.78 Å². The van der Waals surface area contributed by atoms with Gasteiger partial charge in [0, 0.05) is 17.6 Å². The first-order valence-electron chi connectivity index (χ1n) is 9.92. The molecular formula is C26H16F6O. The summed E-state index contributed by atoms with van der Waals surface area (Å²) in [5.41, 5.74) is 1.51. The van der Waals surface area contributed by atoms with Crippen molar-refractivity contribution >= 4 is 23.5 Å². The highest BCUT2D eigenvalue weighted by Gasteiger charge is 2.31. The number of ketones is 1. The van der Waals surface area contributed by atoms with E-state index < -0.39 is 23.5 Å². The van der Waals surface area contributed by atoms with Crippen LogP contribution >= 0.6 is 0 Å². The van der Waals surface area contributed by atoms with Gasteiger partial charge >= 0.3 is 12.4 Å². The largest absolute Gasteiger partial charge is 0.416 e. The normalized spacial score (nSPS) is 16.8. The van der Waals surface area contributed by atoms with E-state index in [0.717, 1.165) is 29.8 Å². The van der Waals surface area contributed by atoms with Crippen molar-refractivity contribution in [1.29, 1.82) is 0 Å². The zero-order chi connectivity index (χ0) is 23.8. The van der Waals surface area contributed by atoms with Gasteiger partial charge in [-0.3, -0.25) is 4.79 Å². The fraction of sp³-hybridized carbons (Fsp3) is 0.115. The van der Waals surface area contributed by atoms with Crippen LogP contribution in [0, 0.1) is 0 Å². The lowest BCUT2D eigenvalue weighted by atomic mass is 9.81. The van der Waals surface area contributed by atoms with Gasteiger partial charge in [-0.25, -0.2) is 0 Å². The van der Waals surface area contributed by atoms with E-state index in [1.165, 1.54) is 30.3 Å². The molecule has 0 radical (unpaired) electrons. The smallest absolute Gasteiger partial charge is 0.289 e. The summed E-state index contributed by atoms with van der Waals surface area (Å²) >= 11 is 0. The highest BCUT2D eigenvalue weighted by Crippen LogP contribution is 2.35. The zero-order valence-electron chi connectivity index (χ0n) is 17.0. The molecule has 0 amide bonds. The topological polar surface area (TPSA) is 17.1 Å². The average molecular weight is 458 g/mol. The van der Waals surface area contributed by atoms with Crippen molar-refractivity contribution in [2.24, 2.45) is 0 Å². The summed E-state index contributed by atoms with van der Waals surface area (Å²) in [6.07, 6.45) is -5.56. The molecule has 0 spiro atoms. The minimum atomic E-state index is -4.46. The third-order valence-corrected chi connectivity index (χ3v) is 5.35. The number of fused-ring (bicyclic) bond motifs is 1. The molecule has 33 heavy (non-hydrogen) atoms. The Morgan fingerprint density at radius 1 is 0.636 bits per heavy atom. The molecule has 4 rings (SSSR count). The number of allylic oxidation sites excluding steroid dienone is 2. The molecule has 3 aromatic carbocycles. The summed E-state index contributed by atoms with van der Waals surface area (Å²) in [6.45, 7) is 0. The number of hydrogen-bond donors (Lipinski definition) is 0. The van der Waals surface area contributed by atoms with Crippen LogP contribution in [0.5, 0.6) is 0 Å². The lowest BCUT2D eigenvalue weighted by Crippen LogP contribution is -2.16. The molecular weight excluding hydrogens is 442 g/mol. The molecule has 0 bridgehead atoms. The van der Waals surface area contributed by atoms with Gasteiger partial charge in [-0.2, -0.15) is 26.3 Å². The Morgan fingerprint density at radius 3 is 1.64 bits per heavy atom. The molecule has 0 atom stereocenters. The summed E-state index contributed by atoms with van der Waals surface area (Å²) in [6, 6.07) is 16.1. The maximum Gasteiger partial charge on any atom is 0.416 e. The number of alkyl halides is 6. The van der Waals surface area contributed by atoms with E-state index in [-0.39, 0.29) is 5.78 Å². The standard InChI is InChI=1S/C26H16F6O/c27-25(28,29)20-9-5-16(6-10-20)13-19-15-18-3-1-2-4-22(18)23(24(19)33)14-17-7-11-21(12-8-17)26(30,31)32/h1-14H,15H2/b19-13+,23-14+. The molecule has 0 aliphatic heterocycles. The molecule has 0 aromatic heterocycles. The maximum absolute atomic E-state index is 13.3. The van der Waals surface area contributed by atoms with Gasteiger partial charge in [0.15, 0.2) is 5.78 Å². The number of halogens is 6. The monoisotopic (exact) mass is 458 g/mol. The van der Waals surface area contributed by atoms with E-state index in [1.807, 2.05) is 6.07 Å². The van der Waals surface area contributed by atoms with E-state index in [0.29, 0.717) is 34.3 Å². The summed E-state index contributed by atoms with van der Waals surface area (Å²) in [5, 5.41) is 0. The lowest BCUT2D eigenvalue weighted by Gasteiger charge is -2.21.